The molecule has 0 fully saturated rings. The Hall–Kier alpha value is -2.29. The number of carbonyl (C=O) groups excluding carboxylic acids is 1. The third-order valence-corrected chi connectivity index (χ3v) is 1.84. The molecule has 0 aliphatic heterocycles. The average molecular weight is 255 g/mol. The average Bonchev–Trinajstić information content (AvgIpc) is 2.26. The minimum atomic E-state index is -4.81. The number of nitriles is 1. The molecular formula is C12H8F3NO2. The van der Waals surface area contributed by atoms with E-state index in [0.717, 1.165) is 12.1 Å². The van der Waals surface area contributed by atoms with Crippen LogP contribution in [0.5, 0.6) is 5.75 Å². The molecule has 0 radical (unpaired) electrons. The summed E-state index contributed by atoms with van der Waals surface area (Å²) in [5, 5.41) is 8.32. The van der Waals surface area contributed by atoms with Crippen molar-refractivity contribution < 1.29 is 22.7 Å². The SMILES string of the molecule is N#CCC=Cc1cc(C=O)cc(OC(F)(F)F)c1. The molecule has 0 amide bonds. The number of carbonyl (C=O) groups is 1. The summed E-state index contributed by atoms with van der Waals surface area (Å²) in [7, 11) is 0. The molecule has 18 heavy (non-hydrogen) atoms. The van der Waals surface area contributed by atoms with Crippen molar-refractivity contribution in [1.29, 1.82) is 5.26 Å². The third kappa shape index (κ3) is 4.70. The van der Waals surface area contributed by atoms with E-state index < -0.39 is 12.1 Å². The van der Waals surface area contributed by atoms with Gasteiger partial charge in [0.1, 0.15) is 12.0 Å². The number of rotatable bonds is 4. The van der Waals surface area contributed by atoms with Crippen LogP contribution < -0.4 is 4.74 Å². The van der Waals surface area contributed by atoms with E-state index in [9.17, 15) is 18.0 Å². The van der Waals surface area contributed by atoms with E-state index in [1.54, 1.807) is 0 Å². The molecule has 0 spiro atoms. The zero-order valence-corrected chi connectivity index (χ0v) is 9.07. The maximum absolute atomic E-state index is 12.0. The summed E-state index contributed by atoms with van der Waals surface area (Å²) in [4.78, 5) is 10.6. The summed E-state index contributed by atoms with van der Waals surface area (Å²) in [6.07, 6.45) is -1.35. The van der Waals surface area contributed by atoms with Gasteiger partial charge in [-0.15, -0.1) is 13.2 Å². The summed E-state index contributed by atoms with van der Waals surface area (Å²) in [6, 6.07) is 5.37. The van der Waals surface area contributed by atoms with Gasteiger partial charge in [-0.25, -0.2) is 0 Å². The Balaban J connectivity index is 3.02. The van der Waals surface area contributed by atoms with Gasteiger partial charge in [-0.1, -0.05) is 12.2 Å². The second-order valence-corrected chi connectivity index (χ2v) is 3.27. The van der Waals surface area contributed by atoms with Crippen LogP contribution in [0.1, 0.15) is 22.3 Å². The van der Waals surface area contributed by atoms with Gasteiger partial charge < -0.3 is 4.74 Å². The second kappa shape index (κ2) is 5.87. The Kier molecular flexibility index (Phi) is 4.49. The van der Waals surface area contributed by atoms with E-state index in [1.807, 2.05) is 6.07 Å². The summed E-state index contributed by atoms with van der Waals surface area (Å²) in [5.74, 6) is -0.469. The Morgan fingerprint density at radius 2 is 1.94 bits per heavy atom. The highest BCUT2D eigenvalue weighted by Gasteiger charge is 2.31. The molecule has 0 saturated heterocycles. The lowest BCUT2D eigenvalue weighted by Crippen LogP contribution is -2.17. The number of nitrogens with zero attached hydrogens (tertiary/aromatic N) is 1. The maximum Gasteiger partial charge on any atom is 0.573 e. The number of alkyl halides is 3. The molecule has 1 aromatic carbocycles. The summed E-state index contributed by atoms with van der Waals surface area (Å²) < 4.78 is 39.9. The predicted molar refractivity (Wildman–Crippen MR) is 57.8 cm³/mol. The zero-order chi connectivity index (χ0) is 13.6. The molecule has 94 valence electrons. The van der Waals surface area contributed by atoms with Crippen molar-refractivity contribution in [2.75, 3.05) is 0 Å². The van der Waals surface area contributed by atoms with E-state index in [-0.39, 0.29) is 12.0 Å². The number of halogens is 3. The first-order valence-corrected chi connectivity index (χ1v) is 4.84. The largest absolute Gasteiger partial charge is 0.573 e. The van der Waals surface area contributed by atoms with Crippen LogP contribution in [0.3, 0.4) is 0 Å². The Bertz CT molecular complexity index is 501. The van der Waals surface area contributed by atoms with E-state index in [2.05, 4.69) is 4.74 Å². The van der Waals surface area contributed by atoms with Crippen molar-refractivity contribution in [2.24, 2.45) is 0 Å². The molecule has 1 rings (SSSR count). The minimum absolute atomic E-state index is 0.0633. The van der Waals surface area contributed by atoms with Gasteiger partial charge in [-0.2, -0.15) is 5.26 Å². The predicted octanol–water partition coefficient (Wildman–Crippen LogP) is 3.32. The second-order valence-electron chi connectivity index (χ2n) is 3.27. The van der Waals surface area contributed by atoms with Gasteiger partial charge in [0.05, 0.1) is 12.5 Å². The molecule has 0 aliphatic rings. The topological polar surface area (TPSA) is 50.1 Å². The van der Waals surface area contributed by atoms with Crippen LogP contribution in [0.4, 0.5) is 13.2 Å². The van der Waals surface area contributed by atoms with Gasteiger partial charge in [0, 0.05) is 5.56 Å². The number of hydrogen-bond donors (Lipinski definition) is 0. The van der Waals surface area contributed by atoms with E-state index >= 15 is 0 Å². The van der Waals surface area contributed by atoms with Crippen LogP contribution in [0.15, 0.2) is 24.3 Å². The molecule has 0 aliphatic carbocycles. The quantitative estimate of drug-likeness (QED) is 0.775. The molecule has 0 aromatic heterocycles. The lowest BCUT2D eigenvalue weighted by Gasteiger charge is -2.09. The van der Waals surface area contributed by atoms with E-state index in [4.69, 9.17) is 5.26 Å². The van der Waals surface area contributed by atoms with Crippen molar-refractivity contribution in [3.63, 3.8) is 0 Å². The van der Waals surface area contributed by atoms with Crippen LogP contribution in [0.2, 0.25) is 0 Å². The molecule has 0 atom stereocenters. The fourth-order valence-corrected chi connectivity index (χ4v) is 1.25. The fourth-order valence-electron chi connectivity index (χ4n) is 1.25. The van der Waals surface area contributed by atoms with Gasteiger partial charge in [0.15, 0.2) is 0 Å². The normalized spacial score (nSPS) is 11.2. The first-order chi connectivity index (χ1) is 8.44. The smallest absolute Gasteiger partial charge is 0.406 e. The molecule has 0 saturated carbocycles. The highest BCUT2D eigenvalue weighted by Crippen LogP contribution is 2.25. The first kappa shape index (κ1) is 13.8. The maximum atomic E-state index is 12.0. The number of ether oxygens (including phenoxy) is 1. The molecule has 6 heteroatoms. The first-order valence-electron chi connectivity index (χ1n) is 4.84. The van der Waals surface area contributed by atoms with Crippen LogP contribution >= 0.6 is 0 Å². The van der Waals surface area contributed by atoms with Gasteiger partial charge in [0.25, 0.3) is 0 Å². The van der Waals surface area contributed by atoms with Gasteiger partial charge in [-0.05, 0) is 23.8 Å². The molecule has 3 nitrogen and oxygen atoms in total. The van der Waals surface area contributed by atoms with Crippen molar-refractivity contribution >= 4 is 12.4 Å². The third-order valence-electron chi connectivity index (χ3n) is 1.84. The highest BCUT2D eigenvalue weighted by atomic mass is 19.4. The number of hydrogen-bond acceptors (Lipinski definition) is 3. The Morgan fingerprint density at radius 3 is 2.50 bits per heavy atom. The number of benzene rings is 1. The molecular weight excluding hydrogens is 247 g/mol. The van der Waals surface area contributed by atoms with E-state index in [0.29, 0.717) is 11.8 Å². The van der Waals surface area contributed by atoms with Gasteiger partial charge in [-0.3, -0.25) is 4.79 Å². The minimum Gasteiger partial charge on any atom is -0.406 e. The lowest BCUT2D eigenvalue weighted by molar-refractivity contribution is -0.274. The van der Waals surface area contributed by atoms with Crippen molar-refractivity contribution in [3.8, 4) is 11.8 Å². The standard InChI is InChI=1S/C12H8F3NO2/c13-12(14,15)18-11-6-9(3-1-2-4-16)5-10(7-11)8-17/h1,3,5-8H,2H2. The van der Waals surface area contributed by atoms with Crippen LogP contribution in [0, 0.1) is 11.3 Å². The van der Waals surface area contributed by atoms with Crippen molar-refractivity contribution in [1.82, 2.24) is 0 Å². The Morgan fingerprint density at radius 1 is 1.28 bits per heavy atom. The van der Waals surface area contributed by atoms with Gasteiger partial charge >= 0.3 is 6.36 Å². The zero-order valence-electron chi connectivity index (χ0n) is 9.07. The summed E-state index contributed by atoms with van der Waals surface area (Å²) in [6.45, 7) is 0. The summed E-state index contributed by atoms with van der Waals surface area (Å²) >= 11 is 0. The van der Waals surface area contributed by atoms with Crippen molar-refractivity contribution in [3.05, 3.63) is 35.4 Å². The highest BCUT2D eigenvalue weighted by molar-refractivity contribution is 5.77. The number of aldehydes is 1. The van der Waals surface area contributed by atoms with Crippen LogP contribution in [-0.4, -0.2) is 12.6 Å². The lowest BCUT2D eigenvalue weighted by atomic mass is 10.1. The molecule has 0 bridgehead atoms. The summed E-state index contributed by atoms with van der Waals surface area (Å²) in [5.41, 5.74) is 0.419. The monoisotopic (exact) mass is 255 g/mol. The van der Waals surface area contributed by atoms with Crippen LogP contribution in [-0.2, 0) is 0 Å². The van der Waals surface area contributed by atoms with Crippen molar-refractivity contribution in [2.45, 2.75) is 12.8 Å². The van der Waals surface area contributed by atoms with Crippen LogP contribution in [0.25, 0.3) is 6.08 Å². The fraction of sp³-hybridized carbons (Fsp3) is 0.167. The molecule has 1 aromatic rings. The van der Waals surface area contributed by atoms with Gasteiger partial charge in [0.2, 0.25) is 0 Å². The number of allylic oxidation sites excluding steroid dienone is 1. The Labute approximate surface area is 101 Å². The molecule has 0 heterocycles. The molecule has 0 unspecified atom stereocenters. The molecule has 0 N–H and O–H groups in total. The van der Waals surface area contributed by atoms with E-state index in [1.165, 1.54) is 18.2 Å².